The summed E-state index contributed by atoms with van der Waals surface area (Å²) in [7, 11) is 0. The molecule has 2 aliphatic heterocycles. The van der Waals surface area contributed by atoms with Crippen molar-refractivity contribution in [2.75, 3.05) is 31.6 Å². The normalized spacial score (nSPS) is 26.2. The van der Waals surface area contributed by atoms with Crippen LogP contribution in [0.25, 0.3) is 10.8 Å². The van der Waals surface area contributed by atoms with Crippen LogP contribution in [0.15, 0.2) is 24.4 Å². The molecule has 5 nitrogen and oxygen atoms in total. The third-order valence-corrected chi connectivity index (χ3v) is 6.97. The Balaban J connectivity index is 1.34. The van der Waals surface area contributed by atoms with Gasteiger partial charge in [-0.3, -0.25) is 9.69 Å². The number of likely N-dealkylation sites (tertiary alicyclic amines) is 1. The molecule has 0 spiro atoms. The minimum absolute atomic E-state index is 0.0842. The second-order valence-corrected chi connectivity index (χ2v) is 9.01. The number of nitrogens with one attached hydrogen (secondary N) is 1. The lowest BCUT2D eigenvalue weighted by atomic mass is 9.87. The van der Waals surface area contributed by atoms with E-state index < -0.39 is 0 Å². The summed E-state index contributed by atoms with van der Waals surface area (Å²) < 4.78 is 5.33. The number of hydrogen-bond acceptors (Lipinski definition) is 4. The van der Waals surface area contributed by atoms with E-state index in [4.69, 9.17) is 16.3 Å². The van der Waals surface area contributed by atoms with E-state index in [9.17, 15) is 4.79 Å². The number of nitrogens with zero attached hydrogens (tertiary/aromatic N) is 2. The van der Waals surface area contributed by atoms with Gasteiger partial charge in [0.05, 0.1) is 19.3 Å². The first-order chi connectivity index (χ1) is 13.6. The Labute approximate surface area is 170 Å². The van der Waals surface area contributed by atoms with Gasteiger partial charge in [-0.2, -0.15) is 0 Å². The number of benzene rings is 1. The third-order valence-electron chi connectivity index (χ3n) is 6.64. The van der Waals surface area contributed by atoms with Crippen LogP contribution in [0.1, 0.15) is 37.7 Å². The molecule has 3 aliphatic rings. The number of amides is 1. The molecule has 3 heterocycles. The van der Waals surface area contributed by atoms with Gasteiger partial charge in [-0.25, -0.2) is 4.98 Å². The highest BCUT2D eigenvalue weighted by atomic mass is 35.5. The summed E-state index contributed by atoms with van der Waals surface area (Å²) >= 11 is 6.63. The molecule has 2 atom stereocenters. The minimum Gasteiger partial charge on any atom is -0.378 e. The van der Waals surface area contributed by atoms with Crippen molar-refractivity contribution in [1.82, 2.24) is 9.88 Å². The van der Waals surface area contributed by atoms with E-state index in [0.717, 1.165) is 61.4 Å². The molecule has 1 aromatic heterocycles. The predicted octanol–water partition coefficient (Wildman–Crippen LogP) is 4.06. The van der Waals surface area contributed by atoms with E-state index >= 15 is 0 Å². The SMILES string of the molecule is CC1CC1C(=O)Nc1cc2cc(C3CCN(C4COC4)CC3)c(Cl)cc2cn1. The second kappa shape index (κ2) is 7.29. The molecule has 0 bridgehead atoms. The molecule has 28 heavy (non-hydrogen) atoms. The van der Waals surface area contributed by atoms with Crippen molar-refractivity contribution in [2.45, 2.75) is 38.1 Å². The van der Waals surface area contributed by atoms with Crippen LogP contribution in [-0.2, 0) is 9.53 Å². The van der Waals surface area contributed by atoms with E-state index in [1.807, 2.05) is 12.1 Å². The van der Waals surface area contributed by atoms with Gasteiger partial charge < -0.3 is 10.1 Å². The van der Waals surface area contributed by atoms with Gasteiger partial charge in [-0.1, -0.05) is 18.5 Å². The van der Waals surface area contributed by atoms with Crippen molar-refractivity contribution < 1.29 is 9.53 Å². The number of aromatic nitrogens is 1. The highest BCUT2D eigenvalue weighted by molar-refractivity contribution is 6.32. The fourth-order valence-corrected chi connectivity index (χ4v) is 4.81. The average Bonchev–Trinajstić information content (AvgIpc) is 3.38. The Kier molecular flexibility index (Phi) is 4.77. The molecule has 5 rings (SSSR count). The number of halogens is 1. The number of rotatable bonds is 4. The molecule has 3 fully saturated rings. The fraction of sp³-hybridized carbons (Fsp3) is 0.545. The maximum absolute atomic E-state index is 12.2. The molecule has 1 saturated carbocycles. The quantitative estimate of drug-likeness (QED) is 0.842. The number of anilines is 1. The van der Waals surface area contributed by atoms with Gasteiger partial charge in [0, 0.05) is 22.5 Å². The summed E-state index contributed by atoms with van der Waals surface area (Å²) in [5, 5.41) is 5.89. The molecule has 1 aromatic carbocycles. The van der Waals surface area contributed by atoms with Gasteiger partial charge in [0.1, 0.15) is 5.82 Å². The Morgan fingerprint density at radius 1 is 1.21 bits per heavy atom. The largest absolute Gasteiger partial charge is 0.378 e. The maximum Gasteiger partial charge on any atom is 0.228 e. The zero-order valence-corrected chi connectivity index (χ0v) is 16.9. The highest BCUT2D eigenvalue weighted by Gasteiger charge is 2.39. The summed E-state index contributed by atoms with van der Waals surface area (Å²) in [6.07, 6.45) is 5.02. The predicted molar refractivity (Wildman–Crippen MR) is 111 cm³/mol. The lowest BCUT2D eigenvalue weighted by Crippen LogP contribution is -2.51. The van der Waals surface area contributed by atoms with E-state index in [2.05, 4.69) is 28.2 Å². The van der Waals surface area contributed by atoms with Gasteiger partial charge >= 0.3 is 0 Å². The monoisotopic (exact) mass is 399 g/mol. The first-order valence-electron chi connectivity index (χ1n) is 10.3. The van der Waals surface area contributed by atoms with Gasteiger partial charge in [0.2, 0.25) is 5.91 Å². The summed E-state index contributed by atoms with van der Waals surface area (Å²) in [4.78, 5) is 19.2. The molecular formula is C22H26ClN3O2. The van der Waals surface area contributed by atoms with Crippen LogP contribution in [0.2, 0.25) is 5.02 Å². The number of piperidine rings is 1. The zero-order valence-electron chi connectivity index (χ0n) is 16.2. The lowest BCUT2D eigenvalue weighted by Gasteiger charge is -2.41. The number of ether oxygens (including phenoxy) is 1. The first-order valence-corrected chi connectivity index (χ1v) is 10.7. The molecule has 6 heteroatoms. The van der Waals surface area contributed by atoms with Gasteiger partial charge in [-0.05, 0) is 73.3 Å². The number of pyridine rings is 1. The van der Waals surface area contributed by atoms with Crippen molar-refractivity contribution in [3.8, 4) is 0 Å². The van der Waals surface area contributed by atoms with Crippen LogP contribution in [0.4, 0.5) is 5.82 Å². The van der Waals surface area contributed by atoms with Crippen LogP contribution in [0.5, 0.6) is 0 Å². The van der Waals surface area contributed by atoms with Crippen LogP contribution in [0, 0.1) is 11.8 Å². The zero-order chi connectivity index (χ0) is 19.3. The summed E-state index contributed by atoms with van der Waals surface area (Å²) in [5.74, 6) is 1.82. The topological polar surface area (TPSA) is 54.5 Å². The fourth-order valence-electron chi connectivity index (χ4n) is 4.48. The Bertz CT molecular complexity index is 906. The van der Waals surface area contributed by atoms with Crippen molar-refractivity contribution in [2.24, 2.45) is 11.8 Å². The van der Waals surface area contributed by atoms with E-state index in [0.29, 0.717) is 23.7 Å². The number of carbonyl (C=O) groups is 1. The van der Waals surface area contributed by atoms with Gasteiger partial charge in [0.15, 0.2) is 0 Å². The Morgan fingerprint density at radius 3 is 2.61 bits per heavy atom. The third kappa shape index (κ3) is 3.51. The van der Waals surface area contributed by atoms with Crippen molar-refractivity contribution in [3.63, 3.8) is 0 Å². The molecule has 148 valence electrons. The molecule has 1 amide bonds. The number of hydrogen-bond donors (Lipinski definition) is 1. The highest BCUT2D eigenvalue weighted by Crippen LogP contribution is 2.39. The molecule has 1 N–H and O–H groups in total. The number of fused-ring (bicyclic) bond motifs is 1. The van der Waals surface area contributed by atoms with Crippen molar-refractivity contribution >= 4 is 34.1 Å². The minimum atomic E-state index is 0.0842. The summed E-state index contributed by atoms with van der Waals surface area (Å²) in [6, 6.07) is 6.79. The average molecular weight is 400 g/mol. The van der Waals surface area contributed by atoms with Crippen LogP contribution < -0.4 is 5.32 Å². The molecule has 0 radical (unpaired) electrons. The Morgan fingerprint density at radius 2 is 1.96 bits per heavy atom. The smallest absolute Gasteiger partial charge is 0.228 e. The van der Waals surface area contributed by atoms with Crippen molar-refractivity contribution in [3.05, 3.63) is 35.0 Å². The van der Waals surface area contributed by atoms with E-state index in [-0.39, 0.29) is 11.8 Å². The van der Waals surface area contributed by atoms with Crippen LogP contribution in [0.3, 0.4) is 0 Å². The molecule has 2 aromatic rings. The second-order valence-electron chi connectivity index (χ2n) is 8.60. The van der Waals surface area contributed by atoms with Crippen molar-refractivity contribution in [1.29, 1.82) is 0 Å². The van der Waals surface area contributed by atoms with Crippen LogP contribution in [-0.4, -0.2) is 48.1 Å². The summed E-state index contributed by atoms with van der Waals surface area (Å²) in [6.45, 7) is 6.06. The van der Waals surface area contributed by atoms with Gasteiger partial charge in [0.25, 0.3) is 0 Å². The Hall–Kier alpha value is -1.69. The van der Waals surface area contributed by atoms with Gasteiger partial charge in [-0.15, -0.1) is 0 Å². The molecule has 2 unspecified atom stereocenters. The molecular weight excluding hydrogens is 374 g/mol. The lowest BCUT2D eigenvalue weighted by molar-refractivity contribution is -0.117. The van der Waals surface area contributed by atoms with E-state index in [1.165, 1.54) is 5.56 Å². The summed E-state index contributed by atoms with van der Waals surface area (Å²) in [5.41, 5.74) is 1.22. The first kappa shape index (κ1) is 18.3. The standard InChI is InChI=1S/C22H26ClN3O2/c1-13-6-18(13)22(27)25-21-9-15-7-19(20(23)8-16(15)10-24-21)14-2-4-26(5-3-14)17-11-28-12-17/h7-10,13-14,17-18H,2-6,11-12H2,1H3,(H,24,25,27). The van der Waals surface area contributed by atoms with Crippen LogP contribution >= 0.6 is 11.6 Å². The maximum atomic E-state index is 12.2. The molecule has 2 saturated heterocycles. The number of carbonyl (C=O) groups excluding carboxylic acids is 1. The van der Waals surface area contributed by atoms with E-state index in [1.54, 1.807) is 6.20 Å². The molecule has 1 aliphatic carbocycles.